The predicted molar refractivity (Wildman–Crippen MR) is 335 cm³/mol. The molecule has 0 aromatic carbocycles. The second kappa shape index (κ2) is 65.9. The van der Waals surface area contributed by atoms with E-state index in [4.69, 9.17) is 14.2 Å². The zero-order valence-electron chi connectivity index (χ0n) is 51.7. The Morgan fingerprint density at radius 1 is 0.273 bits per heavy atom. The van der Waals surface area contributed by atoms with Gasteiger partial charge >= 0.3 is 17.9 Å². The number of carbonyl (C=O) groups is 3. The van der Waals surface area contributed by atoms with Crippen LogP contribution in [0.1, 0.15) is 367 Å². The van der Waals surface area contributed by atoms with Crippen LogP contribution in [-0.2, 0) is 28.6 Å². The number of rotatable bonds is 63. The number of carbonyl (C=O) groups excluding carboxylic acids is 3. The third-order valence-corrected chi connectivity index (χ3v) is 15.3. The van der Waals surface area contributed by atoms with Gasteiger partial charge in [0.05, 0.1) is 0 Å². The van der Waals surface area contributed by atoms with Crippen molar-refractivity contribution in [3.05, 3.63) is 48.6 Å². The van der Waals surface area contributed by atoms with Gasteiger partial charge in [-0.05, 0) is 57.8 Å². The van der Waals surface area contributed by atoms with Crippen LogP contribution in [0.15, 0.2) is 48.6 Å². The Kier molecular flexibility index (Phi) is 63.6. The van der Waals surface area contributed by atoms with Crippen LogP contribution in [0.25, 0.3) is 0 Å². The third-order valence-electron chi connectivity index (χ3n) is 15.3. The number of allylic oxidation sites excluding steroid dienone is 8. The van der Waals surface area contributed by atoms with Crippen LogP contribution >= 0.6 is 0 Å². The minimum absolute atomic E-state index is 0.0792. The van der Waals surface area contributed by atoms with Crippen molar-refractivity contribution in [3.63, 3.8) is 0 Å². The van der Waals surface area contributed by atoms with E-state index in [1.165, 1.54) is 231 Å². The molecule has 0 spiro atoms. The number of esters is 3. The fraction of sp³-hybridized carbons (Fsp3) is 0.845. The average molecular weight is 1080 g/mol. The second-order valence-electron chi connectivity index (χ2n) is 23.1. The molecule has 0 heterocycles. The standard InChI is InChI=1S/C71H130O6/c1-4-7-10-13-16-19-21-23-25-27-28-29-30-31-32-33-34-35-36-37-38-39-40-41-42-43-45-46-48-50-52-55-58-61-64-70(73)76-67-68(66-75-69(72)63-60-57-54-18-15-12-9-6-3)77-71(74)65-62-59-56-53-51-49-47-44-26-24-22-20-17-14-11-8-5-2/h8,11,17,20,24,26,47,49,68H,4-7,9-10,12-16,18-19,21-23,25,27-46,48,50-67H2,1-3H3/b11-8-,20-17-,26-24-,49-47-. The van der Waals surface area contributed by atoms with Crippen LogP contribution in [0.5, 0.6) is 0 Å². The lowest BCUT2D eigenvalue weighted by atomic mass is 10.0. The zero-order valence-corrected chi connectivity index (χ0v) is 51.7. The Morgan fingerprint density at radius 2 is 0.506 bits per heavy atom. The van der Waals surface area contributed by atoms with Crippen LogP contribution < -0.4 is 0 Å². The quantitative estimate of drug-likeness (QED) is 0.0261. The van der Waals surface area contributed by atoms with Crippen LogP contribution in [0.4, 0.5) is 0 Å². The summed E-state index contributed by atoms with van der Waals surface area (Å²) in [5, 5.41) is 0. The highest BCUT2D eigenvalue weighted by Gasteiger charge is 2.19. The molecule has 0 N–H and O–H groups in total. The summed E-state index contributed by atoms with van der Waals surface area (Å²) in [5.74, 6) is -0.889. The summed E-state index contributed by atoms with van der Waals surface area (Å²) >= 11 is 0. The first-order chi connectivity index (χ1) is 38.0. The first-order valence-electron chi connectivity index (χ1n) is 34.1. The van der Waals surface area contributed by atoms with Crippen LogP contribution in [-0.4, -0.2) is 37.2 Å². The molecule has 77 heavy (non-hydrogen) atoms. The van der Waals surface area contributed by atoms with Crippen molar-refractivity contribution in [2.75, 3.05) is 13.2 Å². The minimum Gasteiger partial charge on any atom is -0.462 e. The molecule has 1 atom stereocenters. The summed E-state index contributed by atoms with van der Waals surface area (Å²) in [6.45, 7) is 6.53. The molecular formula is C71H130O6. The van der Waals surface area contributed by atoms with E-state index in [0.29, 0.717) is 19.3 Å². The number of ether oxygens (including phenoxy) is 3. The van der Waals surface area contributed by atoms with Gasteiger partial charge in [0, 0.05) is 19.3 Å². The zero-order chi connectivity index (χ0) is 55.7. The fourth-order valence-corrected chi connectivity index (χ4v) is 10.3. The van der Waals surface area contributed by atoms with E-state index in [1.807, 2.05) is 0 Å². The lowest BCUT2D eigenvalue weighted by Crippen LogP contribution is -2.30. The molecule has 0 aliphatic carbocycles. The van der Waals surface area contributed by atoms with E-state index in [0.717, 1.165) is 96.3 Å². The molecule has 0 bridgehead atoms. The highest BCUT2D eigenvalue weighted by Crippen LogP contribution is 2.18. The molecule has 6 nitrogen and oxygen atoms in total. The monoisotopic (exact) mass is 1080 g/mol. The van der Waals surface area contributed by atoms with Crippen LogP contribution in [0.3, 0.4) is 0 Å². The number of hydrogen-bond acceptors (Lipinski definition) is 6. The summed E-state index contributed by atoms with van der Waals surface area (Å²) in [5.41, 5.74) is 0. The second-order valence-corrected chi connectivity index (χ2v) is 23.1. The van der Waals surface area contributed by atoms with E-state index >= 15 is 0 Å². The normalized spacial score (nSPS) is 12.3. The van der Waals surface area contributed by atoms with Crippen molar-refractivity contribution < 1.29 is 28.6 Å². The lowest BCUT2D eigenvalue weighted by Gasteiger charge is -2.18. The van der Waals surface area contributed by atoms with E-state index < -0.39 is 6.10 Å². The van der Waals surface area contributed by atoms with E-state index in [-0.39, 0.29) is 31.1 Å². The highest BCUT2D eigenvalue weighted by molar-refractivity contribution is 5.71. The predicted octanol–water partition coefficient (Wildman–Crippen LogP) is 23.3. The Balaban J connectivity index is 3.98. The molecule has 0 radical (unpaired) electrons. The summed E-state index contributed by atoms with van der Waals surface area (Å²) in [4.78, 5) is 38.1. The first kappa shape index (κ1) is 74.4. The van der Waals surface area contributed by atoms with Gasteiger partial charge in [-0.2, -0.15) is 0 Å². The maximum Gasteiger partial charge on any atom is 0.306 e. The van der Waals surface area contributed by atoms with Crippen LogP contribution in [0, 0.1) is 0 Å². The van der Waals surface area contributed by atoms with E-state index in [9.17, 15) is 14.4 Å². The minimum atomic E-state index is -0.782. The fourth-order valence-electron chi connectivity index (χ4n) is 10.3. The van der Waals surface area contributed by atoms with Crippen molar-refractivity contribution in [2.24, 2.45) is 0 Å². The van der Waals surface area contributed by atoms with E-state index in [1.54, 1.807) is 0 Å². The summed E-state index contributed by atoms with van der Waals surface area (Å²) in [7, 11) is 0. The van der Waals surface area contributed by atoms with Crippen molar-refractivity contribution in [2.45, 2.75) is 374 Å². The average Bonchev–Trinajstić information content (AvgIpc) is 3.43. The van der Waals surface area contributed by atoms with Gasteiger partial charge in [0.2, 0.25) is 0 Å². The summed E-state index contributed by atoms with van der Waals surface area (Å²) in [6.07, 6.45) is 83.2. The first-order valence-corrected chi connectivity index (χ1v) is 34.1. The Hall–Kier alpha value is -2.63. The smallest absolute Gasteiger partial charge is 0.306 e. The van der Waals surface area contributed by atoms with Gasteiger partial charge in [-0.15, -0.1) is 0 Å². The maximum absolute atomic E-state index is 12.8. The van der Waals surface area contributed by atoms with Gasteiger partial charge in [0.1, 0.15) is 13.2 Å². The van der Waals surface area contributed by atoms with Gasteiger partial charge in [-0.25, -0.2) is 0 Å². The Labute approximate surface area is 479 Å². The molecule has 0 fully saturated rings. The number of hydrogen-bond donors (Lipinski definition) is 0. The largest absolute Gasteiger partial charge is 0.462 e. The molecular weight excluding hydrogens is 949 g/mol. The lowest BCUT2D eigenvalue weighted by molar-refractivity contribution is -0.167. The van der Waals surface area contributed by atoms with Crippen molar-refractivity contribution in [3.8, 4) is 0 Å². The molecule has 0 aromatic heterocycles. The molecule has 0 amide bonds. The summed E-state index contributed by atoms with van der Waals surface area (Å²) in [6, 6.07) is 0. The van der Waals surface area contributed by atoms with Crippen molar-refractivity contribution in [1.29, 1.82) is 0 Å². The third kappa shape index (κ3) is 64.1. The molecule has 0 saturated heterocycles. The van der Waals surface area contributed by atoms with Gasteiger partial charge in [-0.3, -0.25) is 14.4 Å². The van der Waals surface area contributed by atoms with Crippen LogP contribution in [0.2, 0.25) is 0 Å². The van der Waals surface area contributed by atoms with Crippen molar-refractivity contribution >= 4 is 17.9 Å². The topological polar surface area (TPSA) is 78.9 Å². The Morgan fingerprint density at radius 3 is 0.792 bits per heavy atom. The molecule has 1 unspecified atom stereocenters. The van der Waals surface area contributed by atoms with E-state index in [2.05, 4.69) is 69.4 Å². The van der Waals surface area contributed by atoms with Gasteiger partial charge in [0.25, 0.3) is 0 Å². The molecule has 0 aliphatic heterocycles. The maximum atomic E-state index is 12.8. The summed E-state index contributed by atoms with van der Waals surface area (Å²) < 4.78 is 16.8. The molecule has 6 heteroatoms. The van der Waals surface area contributed by atoms with Gasteiger partial charge < -0.3 is 14.2 Å². The molecule has 450 valence electrons. The number of unbranched alkanes of at least 4 members (excludes halogenated alkanes) is 44. The van der Waals surface area contributed by atoms with Gasteiger partial charge in [0.15, 0.2) is 6.10 Å². The molecule has 0 aromatic rings. The SMILES string of the molecule is CC/C=C\C/C=C\C/C=C\C/C=C\CCCCCCC(=O)OC(COC(=O)CCCCCCCCCC)COC(=O)CCCCCCCCCCCCCCCCCCCCCCCCCCCCCCCCCCCC. The highest BCUT2D eigenvalue weighted by atomic mass is 16.6. The molecule has 0 saturated carbocycles. The van der Waals surface area contributed by atoms with Crippen molar-refractivity contribution in [1.82, 2.24) is 0 Å². The molecule has 0 aliphatic rings. The Bertz CT molecular complexity index is 1330. The molecule has 0 rings (SSSR count). The van der Waals surface area contributed by atoms with Gasteiger partial charge in [-0.1, -0.05) is 339 Å².